The van der Waals surface area contributed by atoms with E-state index in [4.69, 9.17) is 4.98 Å². The van der Waals surface area contributed by atoms with Gasteiger partial charge in [-0.3, -0.25) is 0 Å². The first-order chi connectivity index (χ1) is 24.8. The van der Waals surface area contributed by atoms with Crippen molar-refractivity contribution < 1.29 is 0 Å². The predicted octanol–water partition coefficient (Wildman–Crippen LogP) is 11.2. The summed E-state index contributed by atoms with van der Waals surface area (Å²) in [4.78, 5) is 14.0. The number of para-hydroxylation sites is 2. The first-order valence-corrected chi connectivity index (χ1v) is 17.0. The first-order valence-electron chi connectivity index (χ1n) is 17.0. The molecule has 0 amide bonds. The fraction of sp³-hybridized carbons (Fsp3) is 0.0217. The number of fused-ring (bicyclic) bond motifs is 6. The Morgan fingerprint density at radius 2 is 1.08 bits per heavy atom. The Hall–Kier alpha value is -6.65. The van der Waals surface area contributed by atoms with Gasteiger partial charge in [-0.05, 0) is 87.8 Å². The molecular formula is C46H30N4. The van der Waals surface area contributed by atoms with Crippen LogP contribution in [0.3, 0.4) is 0 Å². The minimum absolute atomic E-state index is 0.646. The highest BCUT2D eigenvalue weighted by atomic mass is 15.0. The molecule has 4 heteroatoms. The lowest BCUT2D eigenvalue weighted by Crippen LogP contribution is -1.98. The summed E-state index contributed by atoms with van der Waals surface area (Å²) in [6, 6.07) is 58.5. The summed E-state index contributed by atoms with van der Waals surface area (Å²) < 4.78 is 2.40. The zero-order valence-electron chi connectivity index (χ0n) is 27.2. The lowest BCUT2D eigenvalue weighted by atomic mass is 9.97. The summed E-state index contributed by atoms with van der Waals surface area (Å²) in [5.41, 5.74) is 15.6. The molecule has 1 aliphatic carbocycles. The van der Waals surface area contributed by atoms with Crippen LogP contribution in [0.4, 0.5) is 0 Å². The van der Waals surface area contributed by atoms with Crippen molar-refractivity contribution in [1.29, 1.82) is 0 Å². The van der Waals surface area contributed by atoms with E-state index >= 15 is 0 Å². The van der Waals surface area contributed by atoms with Crippen LogP contribution in [-0.4, -0.2) is 19.5 Å². The fourth-order valence-electron chi connectivity index (χ4n) is 7.61. The molecule has 234 valence electrons. The number of hydrogen-bond donors (Lipinski definition) is 0. The zero-order chi connectivity index (χ0) is 33.0. The summed E-state index contributed by atoms with van der Waals surface area (Å²) in [5.74, 6) is 1.30. The summed E-state index contributed by atoms with van der Waals surface area (Å²) in [6.07, 6.45) is 2.60. The topological polar surface area (TPSA) is 43.6 Å². The lowest BCUT2D eigenvalue weighted by Gasteiger charge is -2.13. The van der Waals surface area contributed by atoms with Gasteiger partial charge in [-0.2, -0.15) is 0 Å². The second-order valence-corrected chi connectivity index (χ2v) is 12.9. The van der Waals surface area contributed by atoms with Crippen molar-refractivity contribution in [1.82, 2.24) is 19.5 Å². The molecule has 0 bridgehead atoms. The Kier molecular flexibility index (Phi) is 6.53. The molecule has 2 aromatic heterocycles. The van der Waals surface area contributed by atoms with E-state index in [0.29, 0.717) is 11.6 Å². The summed E-state index contributed by atoms with van der Waals surface area (Å²) in [6.45, 7) is 0. The van der Waals surface area contributed by atoms with Crippen molar-refractivity contribution in [2.45, 2.75) is 6.42 Å². The molecule has 0 saturated carbocycles. The molecule has 2 heterocycles. The van der Waals surface area contributed by atoms with E-state index in [1.165, 1.54) is 55.2 Å². The van der Waals surface area contributed by atoms with Crippen LogP contribution >= 0.6 is 0 Å². The number of nitrogens with zero attached hydrogens (tertiary/aromatic N) is 4. The largest absolute Gasteiger partial charge is 0.309 e. The molecule has 0 saturated heterocycles. The van der Waals surface area contributed by atoms with Gasteiger partial charge in [0, 0.05) is 33.2 Å². The highest BCUT2D eigenvalue weighted by Crippen LogP contribution is 2.42. The average Bonchev–Trinajstić information content (AvgIpc) is 3.74. The number of hydrogen-bond acceptors (Lipinski definition) is 3. The molecule has 0 radical (unpaired) electrons. The van der Waals surface area contributed by atoms with Crippen LogP contribution in [0.1, 0.15) is 11.1 Å². The van der Waals surface area contributed by atoms with E-state index in [1.807, 2.05) is 12.1 Å². The van der Waals surface area contributed by atoms with Crippen LogP contribution in [0.15, 0.2) is 170 Å². The molecular weight excluding hydrogens is 609 g/mol. The molecule has 0 spiro atoms. The van der Waals surface area contributed by atoms with Crippen LogP contribution in [0.5, 0.6) is 0 Å². The third kappa shape index (κ3) is 4.65. The highest BCUT2D eigenvalue weighted by Gasteiger charge is 2.21. The third-order valence-corrected chi connectivity index (χ3v) is 9.99. The molecule has 0 atom stereocenters. The van der Waals surface area contributed by atoms with E-state index < -0.39 is 0 Å². The fourth-order valence-corrected chi connectivity index (χ4v) is 7.61. The Morgan fingerprint density at radius 1 is 0.420 bits per heavy atom. The smallest absolute Gasteiger partial charge is 0.163 e. The van der Waals surface area contributed by atoms with Crippen molar-refractivity contribution >= 4 is 21.8 Å². The van der Waals surface area contributed by atoms with Gasteiger partial charge in [-0.15, -0.1) is 0 Å². The number of rotatable bonds is 5. The minimum Gasteiger partial charge on any atom is -0.309 e. The van der Waals surface area contributed by atoms with Crippen molar-refractivity contribution in [3.05, 3.63) is 181 Å². The van der Waals surface area contributed by atoms with Gasteiger partial charge < -0.3 is 4.57 Å². The van der Waals surface area contributed by atoms with Crippen molar-refractivity contribution in [2.24, 2.45) is 0 Å². The standard InChI is InChI=1S/C46H30N4/c1-2-10-30(11-3-1)32-13-8-14-36(26-32)46-48-29-47-45(49-46)31-22-24-37(25-23-31)50-43-19-7-6-16-40(43)41-18-9-17-39(44(41)50)35-21-20-34-27-33-12-4-5-15-38(33)42(34)28-35/h1-26,28-29H,27H2. The van der Waals surface area contributed by atoms with Gasteiger partial charge in [0.05, 0.1) is 11.0 Å². The summed E-state index contributed by atoms with van der Waals surface area (Å²) in [7, 11) is 0. The van der Waals surface area contributed by atoms with E-state index in [1.54, 1.807) is 6.33 Å². The van der Waals surface area contributed by atoms with Crippen molar-refractivity contribution in [2.75, 3.05) is 0 Å². The van der Waals surface area contributed by atoms with Gasteiger partial charge in [0.2, 0.25) is 0 Å². The van der Waals surface area contributed by atoms with E-state index in [0.717, 1.165) is 34.4 Å². The lowest BCUT2D eigenvalue weighted by molar-refractivity contribution is 1.06. The maximum absolute atomic E-state index is 4.91. The summed E-state index contributed by atoms with van der Waals surface area (Å²) >= 11 is 0. The molecule has 50 heavy (non-hydrogen) atoms. The van der Waals surface area contributed by atoms with Crippen LogP contribution in [0.2, 0.25) is 0 Å². The maximum atomic E-state index is 4.91. The van der Waals surface area contributed by atoms with Gasteiger partial charge in [-0.25, -0.2) is 15.0 Å². The highest BCUT2D eigenvalue weighted by molar-refractivity contribution is 6.14. The molecule has 0 unspecified atom stereocenters. The van der Waals surface area contributed by atoms with Gasteiger partial charge in [0.25, 0.3) is 0 Å². The molecule has 10 rings (SSSR count). The minimum atomic E-state index is 0.646. The zero-order valence-corrected chi connectivity index (χ0v) is 27.2. The summed E-state index contributed by atoms with van der Waals surface area (Å²) in [5, 5.41) is 2.47. The predicted molar refractivity (Wildman–Crippen MR) is 204 cm³/mol. The molecule has 0 fully saturated rings. The molecule has 9 aromatic rings. The molecule has 7 aromatic carbocycles. The number of aromatic nitrogens is 4. The maximum Gasteiger partial charge on any atom is 0.163 e. The SMILES string of the molecule is c1ccc(-c2cccc(-c3ncnc(-c4ccc(-n5c6ccccc6c6cccc(-c7ccc8c(c7)-c7ccccc7C8)c65)cc4)n3)c2)cc1. The number of benzene rings is 7. The van der Waals surface area contributed by atoms with Crippen molar-refractivity contribution in [3.63, 3.8) is 0 Å². The van der Waals surface area contributed by atoms with Gasteiger partial charge >= 0.3 is 0 Å². The van der Waals surface area contributed by atoms with E-state index in [-0.39, 0.29) is 0 Å². The van der Waals surface area contributed by atoms with Gasteiger partial charge in [0.15, 0.2) is 11.6 Å². The molecule has 0 N–H and O–H groups in total. The Bertz CT molecular complexity index is 2720. The Labute approximate surface area is 290 Å². The second kappa shape index (κ2) is 11.5. The van der Waals surface area contributed by atoms with Crippen LogP contribution in [0, 0.1) is 0 Å². The normalized spacial score (nSPS) is 11.9. The van der Waals surface area contributed by atoms with Crippen molar-refractivity contribution in [3.8, 4) is 61.8 Å². The molecule has 0 aliphatic heterocycles. The van der Waals surface area contributed by atoms with Gasteiger partial charge in [-0.1, -0.05) is 121 Å². The Morgan fingerprint density at radius 3 is 1.98 bits per heavy atom. The molecule has 4 nitrogen and oxygen atoms in total. The quantitative estimate of drug-likeness (QED) is 0.188. The van der Waals surface area contributed by atoms with E-state index in [9.17, 15) is 0 Å². The average molecular weight is 639 g/mol. The molecule has 1 aliphatic rings. The van der Waals surface area contributed by atoms with Crippen LogP contribution < -0.4 is 0 Å². The third-order valence-electron chi connectivity index (χ3n) is 9.99. The van der Waals surface area contributed by atoms with Crippen LogP contribution in [-0.2, 0) is 6.42 Å². The van der Waals surface area contributed by atoms with E-state index in [2.05, 4.69) is 166 Å². The Balaban J connectivity index is 1.06. The van der Waals surface area contributed by atoms with Crippen LogP contribution in [0.25, 0.3) is 83.6 Å². The monoisotopic (exact) mass is 638 g/mol. The first kappa shape index (κ1) is 28.4. The second-order valence-electron chi connectivity index (χ2n) is 12.9. The van der Waals surface area contributed by atoms with Gasteiger partial charge in [0.1, 0.15) is 6.33 Å².